The van der Waals surface area contributed by atoms with E-state index >= 15 is 0 Å². The fraction of sp³-hybridized carbons (Fsp3) is 0.354. The number of carbonyl (C=O) groups is 1. The number of aliphatic hydroxyl groups excluding tert-OH is 1. The van der Waals surface area contributed by atoms with Crippen LogP contribution in [0.1, 0.15) is 65.5 Å². The minimum absolute atomic E-state index is 0.0103. The van der Waals surface area contributed by atoms with E-state index < -0.39 is 28.3 Å². The quantitative estimate of drug-likeness (QED) is 0.0951. The van der Waals surface area contributed by atoms with Crippen LogP contribution in [0.3, 0.4) is 0 Å². The molecule has 0 spiro atoms. The van der Waals surface area contributed by atoms with Crippen LogP contribution in [0.25, 0.3) is 11.1 Å². The van der Waals surface area contributed by atoms with Gasteiger partial charge in [0.25, 0.3) is 0 Å². The first-order valence-electron chi connectivity index (χ1n) is 20.4. The zero-order chi connectivity index (χ0) is 41.4. The lowest BCUT2D eigenvalue weighted by Gasteiger charge is -2.43. The van der Waals surface area contributed by atoms with Crippen LogP contribution in [0.5, 0.6) is 0 Å². The van der Waals surface area contributed by atoms with Gasteiger partial charge in [-0.3, -0.25) is 9.69 Å². The summed E-state index contributed by atoms with van der Waals surface area (Å²) in [6, 6.07) is 39.4. The molecule has 310 valence electrons. The van der Waals surface area contributed by atoms with E-state index in [0.717, 1.165) is 70.4 Å². The summed E-state index contributed by atoms with van der Waals surface area (Å²) in [6.45, 7) is 6.79. The number of sulfonamides is 1. The molecule has 2 aliphatic heterocycles. The molecule has 7 rings (SSSR count). The summed E-state index contributed by atoms with van der Waals surface area (Å²) in [6.07, 6.45) is 1.59. The van der Waals surface area contributed by atoms with Crippen molar-refractivity contribution in [3.8, 4) is 11.1 Å². The number of amides is 1. The number of hydrogen-bond donors (Lipinski definition) is 3. The Balaban J connectivity index is 1.05. The maximum Gasteiger partial charge on any atom is 0.241 e. The van der Waals surface area contributed by atoms with Crippen LogP contribution in [-0.4, -0.2) is 69.3 Å². The maximum absolute atomic E-state index is 13.7. The Morgan fingerprint density at radius 3 is 2.27 bits per heavy atom. The zero-order valence-corrected chi connectivity index (χ0v) is 34.8. The third kappa shape index (κ3) is 10.7. The number of nitrogens with zero attached hydrogens (tertiary/aromatic N) is 1. The molecule has 5 aromatic rings. The average molecular weight is 818 g/mol. The largest absolute Gasteiger partial charge is 0.392 e. The molecule has 2 aliphatic rings. The summed E-state index contributed by atoms with van der Waals surface area (Å²) >= 11 is 0. The van der Waals surface area contributed by atoms with E-state index in [-0.39, 0.29) is 42.6 Å². The molecule has 2 heterocycles. The van der Waals surface area contributed by atoms with Crippen LogP contribution in [0.15, 0.2) is 132 Å². The van der Waals surface area contributed by atoms with Crippen molar-refractivity contribution in [2.45, 2.75) is 81.7 Å². The highest BCUT2D eigenvalue weighted by molar-refractivity contribution is 7.89. The number of carbonyl (C=O) groups excluding carboxylic acids is 1. The predicted molar refractivity (Wildman–Crippen MR) is 229 cm³/mol. The number of aliphatic hydroxyl groups is 1. The lowest BCUT2D eigenvalue weighted by Crippen LogP contribution is -2.47. The normalized spacial score (nSPS) is 21.6. The van der Waals surface area contributed by atoms with Gasteiger partial charge in [-0.1, -0.05) is 122 Å². The van der Waals surface area contributed by atoms with Crippen molar-refractivity contribution < 1.29 is 32.5 Å². The molecule has 0 bridgehead atoms. The summed E-state index contributed by atoms with van der Waals surface area (Å²) in [5, 5.41) is 12.6. The Morgan fingerprint density at radius 1 is 0.847 bits per heavy atom. The van der Waals surface area contributed by atoms with Gasteiger partial charge in [-0.05, 0) is 84.3 Å². The van der Waals surface area contributed by atoms with E-state index in [9.17, 15) is 18.3 Å². The minimum atomic E-state index is -3.96. The third-order valence-electron chi connectivity index (χ3n) is 11.5. The molecule has 5 aromatic carbocycles. The highest BCUT2D eigenvalue weighted by atomic mass is 32.2. The molecule has 11 heteroatoms. The van der Waals surface area contributed by atoms with Gasteiger partial charge in [0.2, 0.25) is 15.9 Å². The van der Waals surface area contributed by atoms with Crippen molar-refractivity contribution in [1.82, 2.24) is 14.9 Å². The van der Waals surface area contributed by atoms with Gasteiger partial charge in [-0.15, -0.1) is 0 Å². The van der Waals surface area contributed by atoms with Crippen molar-refractivity contribution in [3.05, 3.63) is 161 Å². The maximum atomic E-state index is 13.7. The lowest BCUT2D eigenvalue weighted by molar-refractivity contribution is -0.276. The molecule has 0 aromatic heterocycles. The van der Waals surface area contributed by atoms with E-state index in [0.29, 0.717) is 12.6 Å². The van der Waals surface area contributed by atoms with E-state index in [4.69, 9.17) is 14.2 Å². The number of hydrogen-bond acceptors (Lipinski definition) is 8. The van der Waals surface area contributed by atoms with Crippen molar-refractivity contribution >= 4 is 15.9 Å². The van der Waals surface area contributed by atoms with E-state index in [2.05, 4.69) is 34.0 Å². The number of ether oxygens (including phenoxy) is 3. The highest BCUT2D eigenvalue weighted by Gasteiger charge is 2.40. The molecule has 0 saturated carbocycles. The van der Waals surface area contributed by atoms with E-state index in [1.165, 1.54) is 0 Å². The van der Waals surface area contributed by atoms with Gasteiger partial charge in [-0.25, -0.2) is 8.42 Å². The number of likely N-dealkylation sites (tertiary alicyclic amines) is 1. The molecule has 3 N–H and O–H groups in total. The Bertz CT molecular complexity index is 2240. The van der Waals surface area contributed by atoms with Crippen molar-refractivity contribution in [3.63, 3.8) is 0 Å². The van der Waals surface area contributed by atoms with Gasteiger partial charge in [0, 0.05) is 37.7 Å². The smallest absolute Gasteiger partial charge is 0.241 e. The minimum Gasteiger partial charge on any atom is -0.392 e. The number of benzene rings is 5. The molecule has 59 heavy (non-hydrogen) atoms. The van der Waals surface area contributed by atoms with Crippen LogP contribution >= 0.6 is 0 Å². The standard InChI is InChI=1S/C48H55N3O7S/c1-33-14-24-43(25-15-33)59(54,55)50-44(28-35-9-5-4-6-10-35)47(53)49-29-37-11-7-12-41(27-37)38-20-22-40(23-21-38)48-57-45(30-51-26-8-13-42(51)32-56-3)34(2)46(58-48)39-18-16-36(31-52)17-19-39/h4-7,9-12,14-25,27,34,42,44-46,48,50,52H,8,13,26,28-32H2,1-3H3,(H,49,53)/t34-,42+,44-,45+,46+,48+/m1/s1. The summed E-state index contributed by atoms with van der Waals surface area (Å²) < 4.78 is 48.4. The molecule has 0 unspecified atom stereocenters. The zero-order valence-electron chi connectivity index (χ0n) is 34.0. The number of methoxy groups -OCH3 is 1. The molecule has 10 nitrogen and oxygen atoms in total. The fourth-order valence-corrected chi connectivity index (χ4v) is 9.29. The first-order valence-corrected chi connectivity index (χ1v) is 21.9. The van der Waals surface area contributed by atoms with Crippen molar-refractivity contribution in [2.75, 3.05) is 26.8 Å². The number of nitrogens with one attached hydrogen (secondary N) is 2. The molecule has 0 aliphatic carbocycles. The van der Waals surface area contributed by atoms with Crippen molar-refractivity contribution in [2.24, 2.45) is 5.92 Å². The Labute approximate surface area is 348 Å². The summed E-state index contributed by atoms with van der Waals surface area (Å²) in [4.78, 5) is 16.3. The topological polar surface area (TPSA) is 126 Å². The molecule has 0 radical (unpaired) electrons. The van der Waals surface area contributed by atoms with Crippen LogP contribution in [0.4, 0.5) is 0 Å². The van der Waals surface area contributed by atoms with Crippen LogP contribution in [0, 0.1) is 12.8 Å². The van der Waals surface area contributed by atoms with Gasteiger partial charge in [0.15, 0.2) is 6.29 Å². The average Bonchev–Trinajstić information content (AvgIpc) is 3.70. The van der Waals surface area contributed by atoms with Gasteiger partial charge in [0.1, 0.15) is 6.04 Å². The molecule has 1 amide bonds. The highest BCUT2D eigenvalue weighted by Crippen LogP contribution is 2.42. The SMILES string of the molecule is COC[C@@H]1CCCN1C[C@@H]1O[C@H](c2ccc(-c3cccc(CNC(=O)[C@@H](Cc4ccccc4)NS(=O)(=O)c4ccc(C)cc4)c3)cc2)O[C@H](c2ccc(CO)cc2)[C@@H]1C. The lowest BCUT2D eigenvalue weighted by atomic mass is 9.89. The monoisotopic (exact) mass is 817 g/mol. The fourth-order valence-electron chi connectivity index (χ4n) is 8.09. The Kier molecular flexibility index (Phi) is 14.1. The molecule has 6 atom stereocenters. The Hall–Kier alpha value is -4.72. The summed E-state index contributed by atoms with van der Waals surface area (Å²) in [7, 11) is -2.20. The molecule has 2 saturated heterocycles. The van der Waals surface area contributed by atoms with Crippen LogP contribution in [-0.2, 0) is 48.6 Å². The summed E-state index contributed by atoms with van der Waals surface area (Å²) in [5.41, 5.74) is 7.45. The number of rotatable bonds is 16. The van der Waals surface area contributed by atoms with Crippen LogP contribution in [0.2, 0.25) is 0 Å². The second kappa shape index (κ2) is 19.6. The first-order chi connectivity index (χ1) is 28.6. The second-order valence-corrected chi connectivity index (χ2v) is 17.5. The summed E-state index contributed by atoms with van der Waals surface area (Å²) in [5.74, 6) is -0.333. The first kappa shape index (κ1) is 42.4. The van der Waals surface area contributed by atoms with E-state index in [1.807, 2.05) is 97.9 Å². The Morgan fingerprint density at radius 2 is 1.56 bits per heavy atom. The molecule has 2 fully saturated rings. The second-order valence-electron chi connectivity index (χ2n) is 15.8. The molecular formula is C48H55N3O7S. The van der Waals surface area contributed by atoms with Gasteiger partial charge < -0.3 is 24.6 Å². The number of aryl methyl sites for hydroxylation is 1. The van der Waals surface area contributed by atoms with Gasteiger partial charge in [-0.2, -0.15) is 4.72 Å². The predicted octanol–water partition coefficient (Wildman–Crippen LogP) is 7.26. The van der Waals surface area contributed by atoms with Crippen LogP contribution < -0.4 is 10.0 Å². The van der Waals surface area contributed by atoms with E-state index in [1.54, 1.807) is 31.4 Å². The third-order valence-corrected chi connectivity index (χ3v) is 13.0. The van der Waals surface area contributed by atoms with Crippen molar-refractivity contribution in [1.29, 1.82) is 0 Å². The molecular weight excluding hydrogens is 763 g/mol. The van der Waals surface area contributed by atoms with Gasteiger partial charge in [0.05, 0.1) is 30.3 Å². The van der Waals surface area contributed by atoms with Gasteiger partial charge >= 0.3 is 0 Å².